The van der Waals surface area contributed by atoms with Crippen LogP contribution < -0.4 is 0 Å². The predicted octanol–water partition coefficient (Wildman–Crippen LogP) is 4.48. The summed E-state index contributed by atoms with van der Waals surface area (Å²) in [6, 6.07) is 16.8. The van der Waals surface area contributed by atoms with Gasteiger partial charge in [0.1, 0.15) is 0 Å². The number of benzene rings is 2. The van der Waals surface area contributed by atoms with Crippen molar-refractivity contribution in [2.45, 2.75) is 13.8 Å². The molecule has 1 aromatic heterocycles. The van der Waals surface area contributed by atoms with Crippen LogP contribution in [0.1, 0.15) is 13.8 Å². The van der Waals surface area contributed by atoms with E-state index in [0.29, 0.717) is 0 Å². The Bertz CT molecular complexity index is 724. The molecular weight excluding hydrogens is 301 g/mol. The van der Waals surface area contributed by atoms with Crippen molar-refractivity contribution in [3.8, 4) is 0 Å². The molecule has 22 heavy (non-hydrogen) atoms. The standard InChI is InChI=1S/C12H9N.C4H11O4P/c1-3-7-11-9(5-1)10-6-2-4-8-12(10)13-11;1-3-7-9(5,6)8-4-2/h1-8,13H;3-4H2,1-2H3,(H,5,6). The van der Waals surface area contributed by atoms with Crippen LogP contribution >= 0.6 is 7.82 Å². The fraction of sp³-hybridized carbons (Fsp3) is 0.250. The lowest BCUT2D eigenvalue weighted by Gasteiger charge is -2.07. The highest BCUT2D eigenvalue weighted by atomic mass is 31.2. The maximum absolute atomic E-state index is 10.5. The summed E-state index contributed by atoms with van der Waals surface area (Å²) >= 11 is 0. The fourth-order valence-corrected chi connectivity index (χ4v) is 2.89. The van der Waals surface area contributed by atoms with Gasteiger partial charge in [0.15, 0.2) is 0 Å². The van der Waals surface area contributed by atoms with Gasteiger partial charge in [-0.25, -0.2) is 4.57 Å². The van der Waals surface area contributed by atoms with Crippen molar-refractivity contribution in [3.05, 3.63) is 48.5 Å². The van der Waals surface area contributed by atoms with Crippen LogP contribution in [0.5, 0.6) is 0 Å². The lowest BCUT2D eigenvalue weighted by atomic mass is 10.2. The second-order valence-corrected chi connectivity index (χ2v) is 5.97. The molecular formula is C16H20NO4P. The molecule has 1 heterocycles. The van der Waals surface area contributed by atoms with Crippen molar-refractivity contribution in [1.82, 2.24) is 4.98 Å². The van der Waals surface area contributed by atoms with E-state index in [1.165, 1.54) is 21.8 Å². The Balaban J connectivity index is 0.000000175. The molecule has 0 bridgehead atoms. The number of H-pyrrole nitrogens is 1. The summed E-state index contributed by atoms with van der Waals surface area (Å²) in [5.41, 5.74) is 2.42. The molecule has 0 unspecified atom stereocenters. The Kier molecular flexibility index (Phi) is 5.75. The number of para-hydroxylation sites is 2. The van der Waals surface area contributed by atoms with Gasteiger partial charge in [0.25, 0.3) is 0 Å². The van der Waals surface area contributed by atoms with Crippen molar-refractivity contribution in [1.29, 1.82) is 0 Å². The van der Waals surface area contributed by atoms with Crippen LogP contribution in [0.25, 0.3) is 21.8 Å². The minimum Gasteiger partial charge on any atom is -0.355 e. The third-order valence-corrected chi connectivity index (χ3v) is 4.17. The summed E-state index contributed by atoms with van der Waals surface area (Å²) in [5, 5.41) is 2.61. The van der Waals surface area contributed by atoms with E-state index in [1.807, 2.05) is 0 Å². The predicted molar refractivity (Wildman–Crippen MR) is 88.9 cm³/mol. The molecule has 3 rings (SSSR count). The maximum Gasteiger partial charge on any atom is 0.472 e. The van der Waals surface area contributed by atoms with E-state index in [2.05, 4.69) is 62.6 Å². The molecule has 118 valence electrons. The SMILES string of the molecule is CCOP(=O)(O)OCC.c1ccc2c(c1)[nH]c1ccccc12. The number of aromatic amines is 1. The van der Waals surface area contributed by atoms with Crippen LogP contribution in [0.2, 0.25) is 0 Å². The minimum atomic E-state index is -3.69. The van der Waals surface area contributed by atoms with Crippen LogP contribution in [0.4, 0.5) is 0 Å². The van der Waals surface area contributed by atoms with Gasteiger partial charge in [-0.2, -0.15) is 0 Å². The van der Waals surface area contributed by atoms with Gasteiger partial charge in [-0.1, -0.05) is 36.4 Å². The molecule has 0 amide bonds. The lowest BCUT2D eigenvalue weighted by Crippen LogP contribution is -1.93. The van der Waals surface area contributed by atoms with Crippen molar-refractivity contribution in [3.63, 3.8) is 0 Å². The number of aromatic nitrogens is 1. The smallest absolute Gasteiger partial charge is 0.355 e. The zero-order valence-corrected chi connectivity index (χ0v) is 13.5. The largest absolute Gasteiger partial charge is 0.472 e. The van der Waals surface area contributed by atoms with Crippen LogP contribution in [0, 0.1) is 0 Å². The van der Waals surface area contributed by atoms with E-state index in [-0.39, 0.29) is 13.2 Å². The van der Waals surface area contributed by atoms with Gasteiger partial charge in [0.05, 0.1) is 13.2 Å². The Hall–Kier alpha value is -1.65. The maximum atomic E-state index is 10.5. The molecule has 0 spiro atoms. The highest BCUT2D eigenvalue weighted by Crippen LogP contribution is 2.42. The van der Waals surface area contributed by atoms with Gasteiger partial charge < -0.3 is 9.88 Å². The van der Waals surface area contributed by atoms with Crippen LogP contribution in [-0.2, 0) is 13.6 Å². The normalized spacial score (nSPS) is 11.4. The first-order valence-corrected chi connectivity index (χ1v) is 8.64. The summed E-state index contributed by atoms with van der Waals surface area (Å²) < 4.78 is 19.2. The molecule has 0 aliphatic rings. The first-order chi connectivity index (χ1) is 10.6. The third kappa shape index (κ3) is 4.18. The zero-order chi connectivity index (χ0) is 16.0. The summed E-state index contributed by atoms with van der Waals surface area (Å²) in [7, 11) is -3.69. The number of hydrogen-bond donors (Lipinski definition) is 2. The van der Waals surface area contributed by atoms with Gasteiger partial charge in [0, 0.05) is 21.8 Å². The van der Waals surface area contributed by atoms with Crippen LogP contribution in [0.3, 0.4) is 0 Å². The molecule has 0 aliphatic heterocycles. The molecule has 0 radical (unpaired) electrons. The summed E-state index contributed by atoms with van der Waals surface area (Å²) in [6.45, 7) is 3.63. The van der Waals surface area contributed by atoms with E-state index in [4.69, 9.17) is 4.89 Å². The van der Waals surface area contributed by atoms with E-state index in [9.17, 15) is 4.57 Å². The van der Waals surface area contributed by atoms with Crippen molar-refractivity contribution in [2.24, 2.45) is 0 Å². The number of fused-ring (bicyclic) bond motifs is 3. The van der Waals surface area contributed by atoms with Gasteiger partial charge in [-0.15, -0.1) is 0 Å². The molecule has 2 N–H and O–H groups in total. The molecule has 0 saturated carbocycles. The molecule has 0 fully saturated rings. The number of rotatable bonds is 4. The molecule has 2 aromatic carbocycles. The van der Waals surface area contributed by atoms with Crippen molar-refractivity contribution in [2.75, 3.05) is 13.2 Å². The summed E-state index contributed by atoms with van der Waals surface area (Å²) in [4.78, 5) is 12.0. The third-order valence-electron chi connectivity index (χ3n) is 3.00. The molecule has 6 heteroatoms. The molecule has 5 nitrogen and oxygen atoms in total. The number of nitrogens with one attached hydrogen (secondary N) is 1. The Morgan fingerprint density at radius 2 is 1.32 bits per heavy atom. The molecule has 3 aromatic rings. The Morgan fingerprint density at radius 1 is 0.909 bits per heavy atom. The first kappa shape index (κ1) is 16.7. The number of phosphoric acid groups is 1. The quantitative estimate of drug-likeness (QED) is 0.695. The van der Waals surface area contributed by atoms with E-state index in [1.54, 1.807) is 13.8 Å². The molecule has 0 saturated heterocycles. The van der Waals surface area contributed by atoms with Crippen molar-refractivity contribution < 1.29 is 18.5 Å². The van der Waals surface area contributed by atoms with Crippen LogP contribution in [-0.4, -0.2) is 23.1 Å². The second-order valence-electron chi connectivity index (χ2n) is 4.52. The monoisotopic (exact) mass is 321 g/mol. The number of phosphoric ester groups is 1. The molecule has 0 aliphatic carbocycles. The average Bonchev–Trinajstić information content (AvgIpc) is 2.86. The van der Waals surface area contributed by atoms with Crippen LogP contribution in [0.15, 0.2) is 48.5 Å². The van der Waals surface area contributed by atoms with Crippen molar-refractivity contribution >= 4 is 29.6 Å². The highest BCUT2D eigenvalue weighted by Gasteiger charge is 2.17. The minimum absolute atomic E-state index is 0.188. The Morgan fingerprint density at radius 3 is 1.73 bits per heavy atom. The summed E-state index contributed by atoms with van der Waals surface area (Å²) in [6.07, 6.45) is 0. The van der Waals surface area contributed by atoms with Gasteiger partial charge in [-0.3, -0.25) is 9.05 Å². The topological polar surface area (TPSA) is 71.6 Å². The van der Waals surface area contributed by atoms with Gasteiger partial charge in [-0.05, 0) is 26.0 Å². The summed E-state index contributed by atoms with van der Waals surface area (Å²) in [5.74, 6) is 0. The first-order valence-electron chi connectivity index (χ1n) is 7.14. The Labute approximate surface area is 129 Å². The van der Waals surface area contributed by atoms with E-state index in [0.717, 1.165) is 0 Å². The second kappa shape index (κ2) is 7.56. The highest BCUT2D eigenvalue weighted by molar-refractivity contribution is 7.47. The fourth-order valence-electron chi connectivity index (χ4n) is 2.16. The average molecular weight is 321 g/mol. The van der Waals surface area contributed by atoms with E-state index >= 15 is 0 Å². The van der Waals surface area contributed by atoms with Gasteiger partial charge >= 0.3 is 7.82 Å². The number of hydrogen-bond acceptors (Lipinski definition) is 3. The van der Waals surface area contributed by atoms with Gasteiger partial charge in [0.2, 0.25) is 0 Å². The lowest BCUT2D eigenvalue weighted by molar-refractivity contribution is 0.161. The zero-order valence-electron chi connectivity index (χ0n) is 12.7. The molecule has 0 atom stereocenters. The van der Waals surface area contributed by atoms with E-state index < -0.39 is 7.82 Å².